The minimum absolute atomic E-state index is 0.0170. The predicted octanol–water partition coefficient (Wildman–Crippen LogP) is 2.27. The van der Waals surface area contributed by atoms with Crippen molar-refractivity contribution in [3.05, 3.63) is 17.7 Å². The zero-order valence-electron chi connectivity index (χ0n) is 75.5. The van der Waals surface area contributed by atoms with Gasteiger partial charge in [-0.05, 0) is 65.5 Å². The maximum absolute atomic E-state index is 14.7. The normalized spacial score (nSPS) is 24.0. The summed E-state index contributed by atoms with van der Waals surface area (Å²) in [5.74, 6) is -8.75. The van der Waals surface area contributed by atoms with Gasteiger partial charge in [0, 0.05) is 107 Å². The molecule has 1 unspecified atom stereocenters. The minimum atomic E-state index is -1.53. The molecule has 0 aromatic heterocycles. The molecule has 724 valence electrons. The Labute approximate surface area is 744 Å². The first-order chi connectivity index (χ1) is 61.0. The highest BCUT2D eigenvalue weighted by atomic mass is 31.2. The van der Waals surface area contributed by atoms with Gasteiger partial charge in [0.05, 0.1) is 124 Å². The molecule has 1 aromatic rings. The van der Waals surface area contributed by atoms with Gasteiger partial charge in [-0.3, -0.25) is 62.3 Å². The molecule has 4 amide bonds. The largest absolute Gasteiger partial charge is 0.487 e. The monoisotopic (exact) mass is 1850 g/mol. The van der Waals surface area contributed by atoms with Crippen molar-refractivity contribution < 1.29 is 185 Å². The fourth-order valence-electron chi connectivity index (χ4n) is 13.6. The third-order valence-corrected chi connectivity index (χ3v) is 20.7. The van der Waals surface area contributed by atoms with Crippen molar-refractivity contribution in [1.82, 2.24) is 25.9 Å². The molecule has 4 N–H and O–H groups in total. The molecule has 0 radical (unpaired) electrons. The number of carbonyl (C=O) groups is 13. The molecule has 0 spiro atoms. The van der Waals surface area contributed by atoms with Gasteiger partial charge in [-0.2, -0.15) is 5.26 Å². The molecule has 1 saturated carbocycles. The fraction of sp³-hybridized carbons (Fsp3) is 0.756. The first-order valence-electron chi connectivity index (χ1n) is 42.1. The van der Waals surface area contributed by atoms with E-state index in [2.05, 4.69) is 59.7 Å². The van der Waals surface area contributed by atoms with E-state index in [4.69, 9.17) is 123 Å². The van der Waals surface area contributed by atoms with Crippen LogP contribution in [0.1, 0.15) is 153 Å². The number of hydrogen-bond donors (Lipinski definition) is 4. The fourth-order valence-corrected chi connectivity index (χ4v) is 15.4. The number of amides is 4. The summed E-state index contributed by atoms with van der Waals surface area (Å²) in [4.78, 5) is 162. The van der Waals surface area contributed by atoms with Gasteiger partial charge in [0.15, 0.2) is 67.0 Å². The van der Waals surface area contributed by atoms with Crippen LogP contribution in [0.3, 0.4) is 0 Å². The molecule has 3 heterocycles. The maximum Gasteiger partial charge on any atom is 0.303 e. The molecule has 1 aromatic carbocycles. The molecular formula is C82H127N6O39P. The van der Waals surface area contributed by atoms with Crippen molar-refractivity contribution >= 4 is 85.9 Å². The van der Waals surface area contributed by atoms with Crippen LogP contribution in [0, 0.1) is 11.3 Å². The molecule has 4 aliphatic rings. The number of hydrogen-bond acceptors (Lipinski definition) is 41. The summed E-state index contributed by atoms with van der Waals surface area (Å²) in [5.41, 5.74) is 0.115. The number of ether oxygens (including phenoxy) is 24. The van der Waals surface area contributed by atoms with Crippen LogP contribution >= 0.6 is 8.53 Å². The Morgan fingerprint density at radius 1 is 0.391 bits per heavy atom. The van der Waals surface area contributed by atoms with Crippen molar-refractivity contribution in [2.45, 2.75) is 259 Å². The van der Waals surface area contributed by atoms with E-state index >= 15 is 0 Å². The van der Waals surface area contributed by atoms with E-state index in [1.807, 2.05) is 0 Å². The number of carbonyl (C=O) groups excluding carboxylic acids is 13. The average molecular weight is 1850 g/mol. The molecule has 128 heavy (non-hydrogen) atoms. The smallest absolute Gasteiger partial charge is 0.303 e. The molecule has 45 nitrogen and oxygen atoms in total. The van der Waals surface area contributed by atoms with Crippen molar-refractivity contribution in [2.24, 2.45) is 0 Å². The van der Waals surface area contributed by atoms with E-state index in [0.29, 0.717) is 25.7 Å². The van der Waals surface area contributed by atoms with Gasteiger partial charge in [0.25, 0.3) is 14.4 Å². The van der Waals surface area contributed by atoms with E-state index in [0.717, 1.165) is 62.3 Å². The predicted molar refractivity (Wildman–Crippen MR) is 438 cm³/mol. The lowest BCUT2D eigenvalue weighted by Gasteiger charge is -2.44. The third kappa shape index (κ3) is 41.0. The highest BCUT2D eigenvalue weighted by Gasteiger charge is 2.55. The number of benzene rings is 1. The summed E-state index contributed by atoms with van der Waals surface area (Å²) in [7, 11) is -1.53. The van der Waals surface area contributed by atoms with Gasteiger partial charge in [-0.25, -0.2) is 4.67 Å². The summed E-state index contributed by atoms with van der Waals surface area (Å²) in [6.45, 7) is 19.8. The molecule has 16 atom stereocenters. The quantitative estimate of drug-likeness (QED) is 0.0314. The number of nitriles is 1. The maximum atomic E-state index is 14.7. The highest BCUT2D eigenvalue weighted by molar-refractivity contribution is 7.44. The van der Waals surface area contributed by atoms with Gasteiger partial charge in [0.2, 0.25) is 23.5 Å². The highest BCUT2D eigenvalue weighted by Crippen LogP contribution is 2.49. The van der Waals surface area contributed by atoms with E-state index in [1.165, 1.54) is 32.9 Å². The molecule has 3 aliphatic heterocycles. The van der Waals surface area contributed by atoms with Crippen LogP contribution < -0.4 is 35.5 Å². The molecule has 4 fully saturated rings. The number of rotatable bonds is 58. The average Bonchev–Trinajstić information content (AvgIpc) is 0.810. The second-order valence-corrected chi connectivity index (χ2v) is 31.3. The topological polar surface area (TPSA) is 537 Å². The summed E-state index contributed by atoms with van der Waals surface area (Å²) < 4.78 is 154. The summed E-state index contributed by atoms with van der Waals surface area (Å²) in [6.07, 6.45) is -13.4. The van der Waals surface area contributed by atoms with Crippen LogP contribution in [0.2, 0.25) is 0 Å². The first-order valence-corrected chi connectivity index (χ1v) is 43.2. The van der Waals surface area contributed by atoms with Crippen LogP contribution in [0.4, 0.5) is 0 Å². The van der Waals surface area contributed by atoms with Crippen LogP contribution in [0.15, 0.2) is 12.1 Å². The van der Waals surface area contributed by atoms with Crippen LogP contribution in [-0.2, 0) is 166 Å². The second kappa shape index (κ2) is 59.4. The van der Waals surface area contributed by atoms with Gasteiger partial charge in [0.1, 0.15) is 76.1 Å². The molecular weight excluding hydrogens is 1720 g/mol. The Morgan fingerprint density at radius 3 is 0.977 bits per heavy atom. The zero-order chi connectivity index (χ0) is 94.4. The zero-order valence-corrected chi connectivity index (χ0v) is 76.4. The van der Waals surface area contributed by atoms with Crippen molar-refractivity contribution in [1.29, 1.82) is 5.26 Å². The first kappa shape index (κ1) is 110. The molecule has 1 aliphatic carbocycles. The van der Waals surface area contributed by atoms with Gasteiger partial charge >= 0.3 is 53.7 Å². The van der Waals surface area contributed by atoms with E-state index in [9.17, 15) is 67.6 Å². The van der Waals surface area contributed by atoms with E-state index in [-0.39, 0.29) is 179 Å². The third-order valence-electron chi connectivity index (χ3n) is 18.5. The lowest BCUT2D eigenvalue weighted by Crippen LogP contribution is -2.66. The van der Waals surface area contributed by atoms with Crippen LogP contribution in [0.5, 0.6) is 17.2 Å². The molecule has 0 bridgehead atoms. The van der Waals surface area contributed by atoms with Gasteiger partial charge < -0.3 is 144 Å². The summed E-state index contributed by atoms with van der Waals surface area (Å²) in [5, 5.41) is 20.4. The van der Waals surface area contributed by atoms with Gasteiger partial charge in [-0.15, -0.1) is 0 Å². The van der Waals surface area contributed by atoms with Crippen molar-refractivity contribution in [3.63, 3.8) is 0 Å². The Balaban J connectivity index is 1.33. The lowest BCUT2D eigenvalue weighted by atomic mass is 9.93. The van der Waals surface area contributed by atoms with Crippen molar-refractivity contribution in [3.8, 4) is 23.3 Å². The molecule has 5 rings (SSSR count). The van der Waals surface area contributed by atoms with E-state index in [1.54, 1.807) is 0 Å². The molecule has 46 heteroatoms. The number of nitrogens with zero attached hydrogens (tertiary/aromatic N) is 2. The van der Waals surface area contributed by atoms with Gasteiger partial charge in [-0.1, -0.05) is 0 Å². The standard InChI is InChI=1S/C82H127N6O39P/c1-47(2)88(48(3)4)128(117-23-17-22-83)127-63-20-18-62(19-21-63)87-79(101)61-42-64(108-36-30-102-24-27-105-33-39-111-80-69(84-49(5)89)76(121-58(14)98)73(118-55(11)95)66(124-80)44-114-52(8)92)72(110-38-32-104-26-29-107-35-41-113-82-71(86-51(7)91)78(123-60(16)100)75(120-57(13)97)68(126-82)46-116-54(10)94)65(43-61)109-37-31-103-25-28-106-34-40-112-81-70(85-50(6)90)77(122-59(15)99)74(119-56(12)96)67(125-81)45-115-53(9)93/h42-43,47-48,62-63,66-71,73-78,80-82H,17-21,23-41,44-46H2,1-16H3,(H,84,89)(H,85,90)(H,86,91)(H,87,101)/t62?,63?,66-,67-,68-,69-,70-,71-,73+,74+,75+,76-,77-,78-,80-,81-,82-,128?/m1/s1. The Kier molecular flexibility index (Phi) is 50.8. The van der Waals surface area contributed by atoms with E-state index < -0.39 is 198 Å². The number of nitrogens with one attached hydrogen (secondary N) is 4. The number of esters is 9. The molecule has 3 saturated heterocycles. The Bertz CT molecular complexity index is 3560. The minimum Gasteiger partial charge on any atom is -0.487 e. The Morgan fingerprint density at radius 2 is 0.688 bits per heavy atom. The summed E-state index contributed by atoms with van der Waals surface area (Å²) in [6, 6.07) is 1.34. The lowest BCUT2D eigenvalue weighted by molar-refractivity contribution is -0.279. The SMILES string of the molecule is CC(=O)N[C@H]1[C@H](OCCOCCOCCOc2cc(C(=O)NC3CCC(OP(OCCC#N)N(C(C)C)C(C)C)CC3)cc(OCCOCCOCCO[C@@H]3O[C@H](COC(C)=O)[C@H](OC(C)=O)[C@H](OC(C)=O)[C@H]3NC(C)=O)c2OCCOCCOCCO[C@@H]2O[C@H](COC(C)=O)[C@H](OC(C)=O)[C@H](OC(C)=O)[C@H]2NC(C)=O)O[C@H](COC(C)=O)[C@H](OC(C)=O)[C@@H]1OC(C)=O. The van der Waals surface area contributed by atoms with Crippen LogP contribution in [-0.4, -0.2) is 344 Å². The van der Waals surface area contributed by atoms with Crippen molar-refractivity contribution in [2.75, 3.05) is 145 Å². The Hall–Kier alpha value is -8.95. The summed E-state index contributed by atoms with van der Waals surface area (Å²) >= 11 is 0. The van der Waals surface area contributed by atoms with Crippen LogP contribution in [0.25, 0.3) is 0 Å². The second-order valence-electron chi connectivity index (χ2n) is 29.9.